The first-order chi connectivity index (χ1) is 19.0. The number of benzene rings is 2. The van der Waals surface area contributed by atoms with E-state index in [1.54, 1.807) is 19.5 Å². The third kappa shape index (κ3) is 6.25. The molecule has 2 heterocycles. The number of nitrogens with one attached hydrogen (secondary N) is 2. The highest BCUT2D eigenvalue weighted by molar-refractivity contribution is 5.95. The second-order valence-corrected chi connectivity index (χ2v) is 10.2. The van der Waals surface area contributed by atoms with Crippen molar-refractivity contribution >= 4 is 35.5 Å². The van der Waals surface area contributed by atoms with Gasteiger partial charge in [-0.2, -0.15) is 4.98 Å². The Hall–Kier alpha value is -4.27. The first kappa shape index (κ1) is 26.3. The fourth-order valence-electron chi connectivity index (χ4n) is 5.48. The maximum Gasteiger partial charge on any atom is 0.253 e. The zero-order chi connectivity index (χ0) is 27.2. The lowest BCUT2D eigenvalue weighted by atomic mass is 9.84. The van der Waals surface area contributed by atoms with Crippen molar-refractivity contribution in [2.24, 2.45) is 16.6 Å². The minimum Gasteiger partial charge on any atom is -0.369 e. The molecule has 0 radical (unpaired) electrons. The van der Waals surface area contributed by atoms with Gasteiger partial charge in [0, 0.05) is 55.4 Å². The Morgan fingerprint density at radius 2 is 1.85 bits per heavy atom. The summed E-state index contributed by atoms with van der Waals surface area (Å²) in [6.07, 6.45) is 9.28. The van der Waals surface area contributed by atoms with Crippen molar-refractivity contribution in [3.63, 3.8) is 0 Å². The Labute approximate surface area is 229 Å². The molecular formula is C30H35N7O2. The second kappa shape index (κ2) is 12.1. The smallest absolute Gasteiger partial charge is 0.253 e. The number of hydrogen-bond donors (Lipinski definition) is 3. The van der Waals surface area contributed by atoms with E-state index in [2.05, 4.69) is 20.6 Å². The number of nitrogens with two attached hydrogens (primary N) is 1. The lowest BCUT2D eigenvalue weighted by Gasteiger charge is -2.31. The molecule has 3 aromatic rings. The Bertz CT molecular complexity index is 1370. The summed E-state index contributed by atoms with van der Waals surface area (Å²) in [4.78, 5) is 40.6. The minimum absolute atomic E-state index is 0.0417. The molecule has 1 aliphatic carbocycles. The van der Waals surface area contributed by atoms with Crippen LogP contribution in [-0.4, -0.2) is 59.1 Å². The van der Waals surface area contributed by atoms with E-state index >= 15 is 0 Å². The average molecular weight is 526 g/mol. The van der Waals surface area contributed by atoms with Crippen molar-refractivity contribution in [3.05, 3.63) is 65.9 Å². The molecule has 2 fully saturated rings. The molecule has 9 nitrogen and oxygen atoms in total. The van der Waals surface area contributed by atoms with Crippen molar-refractivity contribution in [1.82, 2.24) is 14.9 Å². The molecule has 1 saturated heterocycles. The topological polar surface area (TPSA) is 126 Å². The van der Waals surface area contributed by atoms with Crippen molar-refractivity contribution in [2.45, 2.75) is 44.6 Å². The number of aromatic nitrogens is 2. The number of hydrogen-bond acceptors (Lipinski definition) is 7. The number of nitrogens with zero attached hydrogens (tertiary/aromatic N) is 4. The molecule has 1 aromatic heterocycles. The monoisotopic (exact) mass is 525 g/mol. The van der Waals surface area contributed by atoms with Gasteiger partial charge in [-0.3, -0.25) is 14.6 Å². The molecule has 4 N–H and O–H groups in total. The number of rotatable bonds is 8. The summed E-state index contributed by atoms with van der Waals surface area (Å²) in [6, 6.07) is 15.3. The Morgan fingerprint density at radius 3 is 2.64 bits per heavy atom. The van der Waals surface area contributed by atoms with Gasteiger partial charge in [-0.1, -0.05) is 37.1 Å². The lowest BCUT2D eigenvalue weighted by Crippen LogP contribution is -2.40. The van der Waals surface area contributed by atoms with E-state index in [9.17, 15) is 9.59 Å². The van der Waals surface area contributed by atoms with Crippen LogP contribution in [0.1, 0.15) is 54.4 Å². The molecule has 39 heavy (non-hydrogen) atoms. The van der Waals surface area contributed by atoms with Gasteiger partial charge in [-0.25, -0.2) is 4.98 Å². The average Bonchev–Trinajstić information content (AvgIpc) is 3.49. The van der Waals surface area contributed by atoms with Crippen LogP contribution >= 0.6 is 0 Å². The molecule has 0 spiro atoms. The van der Waals surface area contributed by atoms with Crippen LogP contribution in [0.5, 0.6) is 0 Å². The fraction of sp³-hybridized carbons (Fsp3) is 0.367. The number of carbonyl (C=O) groups is 2. The summed E-state index contributed by atoms with van der Waals surface area (Å²) in [5.41, 5.74) is 9.85. The minimum atomic E-state index is -0.290. The van der Waals surface area contributed by atoms with Gasteiger partial charge >= 0.3 is 0 Å². The fourth-order valence-corrected chi connectivity index (χ4v) is 5.48. The van der Waals surface area contributed by atoms with Gasteiger partial charge < -0.3 is 21.3 Å². The first-order valence-electron chi connectivity index (χ1n) is 13.6. The van der Waals surface area contributed by atoms with Crippen molar-refractivity contribution < 1.29 is 9.59 Å². The molecule has 1 saturated carbocycles. The van der Waals surface area contributed by atoms with E-state index in [0.717, 1.165) is 74.0 Å². The van der Waals surface area contributed by atoms with E-state index in [1.807, 2.05) is 53.4 Å². The Morgan fingerprint density at radius 1 is 1.05 bits per heavy atom. The van der Waals surface area contributed by atoms with E-state index in [1.165, 1.54) is 0 Å². The maximum absolute atomic E-state index is 12.9. The van der Waals surface area contributed by atoms with Gasteiger partial charge in [0.25, 0.3) is 5.91 Å². The third-order valence-electron chi connectivity index (χ3n) is 7.48. The number of amides is 2. The van der Waals surface area contributed by atoms with E-state index in [4.69, 9.17) is 10.7 Å². The molecule has 0 unspecified atom stereocenters. The number of carbonyl (C=O) groups excluding carboxylic acids is 2. The zero-order valence-electron chi connectivity index (χ0n) is 22.3. The highest BCUT2D eigenvalue weighted by Crippen LogP contribution is 2.32. The van der Waals surface area contributed by atoms with Crippen LogP contribution in [0.3, 0.4) is 0 Å². The highest BCUT2D eigenvalue weighted by Gasteiger charge is 2.30. The Balaban J connectivity index is 1.46. The van der Waals surface area contributed by atoms with Crippen molar-refractivity contribution in [1.29, 1.82) is 0 Å². The summed E-state index contributed by atoms with van der Waals surface area (Å²) in [5.74, 6) is 0.511. The standard InChI is InChI=1S/C30H35N7O2/c1-32-18-20-8-6-9-21(16-20)25-19-33-30(36-28(25)35-26-13-3-2-12-24(26)27(31)38)34-23-11-7-10-22(17-23)29(39)37-14-4-5-15-37/h6-11,16-19,24,26H,2-5,12-15H2,1H3,(H2,31,38)(H2,33,34,35,36)/t24-,26+/m0/s1. The zero-order valence-corrected chi connectivity index (χ0v) is 22.3. The molecule has 5 rings (SSSR count). The lowest BCUT2D eigenvalue weighted by molar-refractivity contribution is -0.122. The molecule has 1 aliphatic heterocycles. The van der Waals surface area contributed by atoms with E-state index in [-0.39, 0.29) is 23.8 Å². The highest BCUT2D eigenvalue weighted by atomic mass is 16.2. The van der Waals surface area contributed by atoms with Gasteiger partial charge in [0.15, 0.2) is 0 Å². The maximum atomic E-state index is 12.9. The number of primary amides is 1. The SMILES string of the molecule is CN=Cc1cccc(-c2cnc(Nc3cccc(C(=O)N4CCCC4)c3)nc2N[C@@H]2CCCC[C@@H]2C(N)=O)c1. The summed E-state index contributed by atoms with van der Waals surface area (Å²) in [7, 11) is 1.74. The predicted molar refractivity (Wildman–Crippen MR) is 154 cm³/mol. The third-order valence-corrected chi connectivity index (χ3v) is 7.48. The van der Waals surface area contributed by atoms with E-state index in [0.29, 0.717) is 17.3 Å². The largest absolute Gasteiger partial charge is 0.369 e. The molecule has 2 amide bonds. The normalized spacial score (nSPS) is 19.3. The van der Waals surface area contributed by atoms with Crippen LogP contribution in [0.2, 0.25) is 0 Å². The van der Waals surface area contributed by atoms with Crippen LogP contribution in [0.4, 0.5) is 17.5 Å². The molecule has 2 atom stereocenters. The van der Waals surface area contributed by atoms with Crippen LogP contribution < -0.4 is 16.4 Å². The molecular weight excluding hydrogens is 490 g/mol. The summed E-state index contributed by atoms with van der Waals surface area (Å²) < 4.78 is 0. The van der Waals surface area contributed by atoms with Crippen LogP contribution in [0, 0.1) is 5.92 Å². The first-order valence-corrected chi connectivity index (χ1v) is 13.6. The number of likely N-dealkylation sites (tertiary alicyclic amines) is 1. The van der Waals surface area contributed by atoms with Crippen LogP contribution in [-0.2, 0) is 4.79 Å². The number of aliphatic imine (C=N–C) groups is 1. The molecule has 2 aliphatic rings. The van der Waals surface area contributed by atoms with Gasteiger partial charge in [-0.15, -0.1) is 0 Å². The molecule has 2 aromatic carbocycles. The predicted octanol–water partition coefficient (Wildman–Crippen LogP) is 4.63. The van der Waals surface area contributed by atoms with Gasteiger partial charge in [-0.05, 0) is 61.1 Å². The summed E-state index contributed by atoms with van der Waals surface area (Å²) in [5, 5.41) is 6.80. The quantitative estimate of drug-likeness (QED) is 0.368. The molecule has 202 valence electrons. The summed E-state index contributed by atoms with van der Waals surface area (Å²) in [6.45, 7) is 1.60. The van der Waals surface area contributed by atoms with Crippen molar-refractivity contribution in [2.75, 3.05) is 30.8 Å². The molecule has 0 bridgehead atoms. The molecule has 9 heteroatoms. The van der Waals surface area contributed by atoms with Crippen LogP contribution in [0.15, 0.2) is 59.7 Å². The van der Waals surface area contributed by atoms with Gasteiger partial charge in [0.2, 0.25) is 11.9 Å². The van der Waals surface area contributed by atoms with Gasteiger partial charge in [0.1, 0.15) is 5.82 Å². The second-order valence-electron chi connectivity index (χ2n) is 10.2. The summed E-state index contributed by atoms with van der Waals surface area (Å²) >= 11 is 0. The van der Waals surface area contributed by atoms with E-state index < -0.39 is 0 Å². The Kier molecular flexibility index (Phi) is 8.15. The number of anilines is 3. The van der Waals surface area contributed by atoms with Crippen molar-refractivity contribution in [3.8, 4) is 11.1 Å². The van der Waals surface area contributed by atoms with Gasteiger partial charge in [0.05, 0.1) is 5.92 Å². The van der Waals surface area contributed by atoms with Crippen LogP contribution in [0.25, 0.3) is 11.1 Å².